The summed E-state index contributed by atoms with van der Waals surface area (Å²) in [5, 5.41) is 2.36. The summed E-state index contributed by atoms with van der Waals surface area (Å²) in [6.07, 6.45) is 1.70. The van der Waals surface area contributed by atoms with Gasteiger partial charge in [-0.05, 0) is 24.6 Å². The SMILES string of the molecule is Cc1ccnc(C(S)C(=O)NCN2CCOCC2)c1. The van der Waals surface area contributed by atoms with Crippen LogP contribution < -0.4 is 5.32 Å². The molecule has 1 unspecified atom stereocenters. The minimum atomic E-state index is -0.527. The summed E-state index contributed by atoms with van der Waals surface area (Å²) < 4.78 is 5.26. The van der Waals surface area contributed by atoms with E-state index in [2.05, 4.69) is 27.8 Å². The van der Waals surface area contributed by atoms with Crippen LogP contribution >= 0.6 is 12.6 Å². The molecule has 19 heavy (non-hydrogen) atoms. The van der Waals surface area contributed by atoms with Crippen LogP contribution in [-0.4, -0.2) is 48.8 Å². The number of aromatic nitrogens is 1. The normalized spacial score (nSPS) is 18.0. The number of ether oxygens (including phenoxy) is 1. The van der Waals surface area contributed by atoms with Crippen molar-refractivity contribution in [2.45, 2.75) is 12.2 Å². The van der Waals surface area contributed by atoms with Crippen molar-refractivity contribution in [3.8, 4) is 0 Å². The second-order valence-corrected chi connectivity index (χ2v) is 5.11. The second-order valence-electron chi connectivity index (χ2n) is 4.59. The van der Waals surface area contributed by atoms with E-state index in [0.29, 0.717) is 12.4 Å². The number of hydrogen-bond donors (Lipinski definition) is 2. The quantitative estimate of drug-likeness (QED) is 0.800. The van der Waals surface area contributed by atoms with Gasteiger partial charge in [-0.15, -0.1) is 0 Å². The zero-order valence-corrected chi connectivity index (χ0v) is 11.9. The number of nitrogens with one attached hydrogen (secondary N) is 1. The van der Waals surface area contributed by atoms with Gasteiger partial charge in [-0.1, -0.05) is 0 Å². The van der Waals surface area contributed by atoms with E-state index < -0.39 is 5.25 Å². The number of pyridine rings is 1. The molecule has 1 amide bonds. The van der Waals surface area contributed by atoms with E-state index >= 15 is 0 Å². The molecule has 0 aliphatic carbocycles. The van der Waals surface area contributed by atoms with Crippen molar-refractivity contribution >= 4 is 18.5 Å². The lowest BCUT2D eigenvalue weighted by Crippen LogP contribution is -2.44. The number of thiol groups is 1. The van der Waals surface area contributed by atoms with E-state index in [9.17, 15) is 4.79 Å². The summed E-state index contributed by atoms with van der Waals surface area (Å²) in [7, 11) is 0. The van der Waals surface area contributed by atoms with Crippen LogP contribution in [0, 0.1) is 6.92 Å². The molecule has 6 heteroatoms. The molecule has 1 fully saturated rings. The number of carbonyl (C=O) groups excluding carboxylic acids is 1. The summed E-state index contributed by atoms with van der Waals surface area (Å²) >= 11 is 4.34. The molecule has 1 aromatic heterocycles. The van der Waals surface area contributed by atoms with E-state index in [0.717, 1.165) is 31.9 Å². The molecule has 0 aromatic carbocycles. The van der Waals surface area contributed by atoms with Gasteiger partial charge in [-0.2, -0.15) is 12.6 Å². The first-order valence-electron chi connectivity index (χ1n) is 6.35. The lowest BCUT2D eigenvalue weighted by Gasteiger charge is -2.27. The fourth-order valence-corrected chi connectivity index (χ4v) is 2.12. The Balaban J connectivity index is 1.85. The Morgan fingerprint density at radius 3 is 3.00 bits per heavy atom. The fraction of sp³-hybridized carbons (Fsp3) is 0.538. The lowest BCUT2D eigenvalue weighted by atomic mass is 10.2. The van der Waals surface area contributed by atoms with Crippen molar-refractivity contribution in [3.05, 3.63) is 29.6 Å². The highest BCUT2D eigenvalue weighted by atomic mass is 32.1. The van der Waals surface area contributed by atoms with Crippen LogP contribution in [0.15, 0.2) is 18.3 Å². The molecule has 0 bridgehead atoms. The molecule has 1 aromatic rings. The van der Waals surface area contributed by atoms with Crippen molar-refractivity contribution in [1.29, 1.82) is 0 Å². The van der Waals surface area contributed by atoms with Crippen LogP contribution in [0.5, 0.6) is 0 Å². The first-order valence-corrected chi connectivity index (χ1v) is 6.87. The Labute approximate surface area is 118 Å². The lowest BCUT2D eigenvalue weighted by molar-refractivity contribution is -0.121. The number of rotatable bonds is 4. The maximum absolute atomic E-state index is 12.0. The average molecular weight is 281 g/mol. The molecule has 0 radical (unpaired) electrons. The van der Waals surface area contributed by atoms with Crippen LogP contribution in [-0.2, 0) is 9.53 Å². The average Bonchev–Trinajstić information content (AvgIpc) is 2.45. The molecule has 1 N–H and O–H groups in total. The van der Waals surface area contributed by atoms with Crippen molar-refractivity contribution in [1.82, 2.24) is 15.2 Å². The Bertz CT molecular complexity index is 436. The largest absolute Gasteiger partial charge is 0.379 e. The summed E-state index contributed by atoms with van der Waals surface area (Å²) in [4.78, 5) is 18.3. The minimum Gasteiger partial charge on any atom is -0.379 e. The Morgan fingerprint density at radius 1 is 1.58 bits per heavy atom. The van der Waals surface area contributed by atoms with E-state index in [1.165, 1.54) is 0 Å². The Kier molecular flexibility index (Phi) is 5.18. The molecule has 2 rings (SSSR count). The fourth-order valence-electron chi connectivity index (χ4n) is 1.89. The highest BCUT2D eigenvalue weighted by Gasteiger charge is 2.18. The molecule has 1 aliphatic heterocycles. The van der Waals surface area contributed by atoms with Crippen LogP contribution in [0.3, 0.4) is 0 Å². The molecule has 5 nitrogen and oxygen atoms in total. The predicted molar refractivity (Wildman–Crippen MR) is 76.1 cm³/mol. The van der Waals surface area contributed by atoms with E-state index in [-0.39, 0.29) is 5.91 Å². The first-order chi connectivity index (χ1) is 9.16. The van der Waals surface area contributed by atoms with Gasteiger partial charge in [0, 0.05) is 19.3 Å². The Hall–Kier alpha value is -1.11. The monoisotopic (exact) mass is 281 g/mol. The molecule has 0 saturated carbocycles. The zero-order valence-electron chi connectivity index (χ0n) is 11.0. The van der Waals surface area contributed by atoms with E-state index in [1.807, 2.05) is 19.1 Å². The maximum atomic E-state index is 12.0. The van der Waals surface area contributed by atoms with E-state index in [4.69, 9.17) is 4.74 Å². The first kappa shape index (κ1) is 14.3. The topological polar surface area (TPSA) is 54.5 Å². The number of nitrogens with zero attached hydrogens (tertiary/aromatic N) is 2. The maximum Gasteiger partial charge on any atom is 0.239 e. The van der Waals surface area contributed by atoms with Crippen molar-refractivity contribution in [2.75, 3.05) is 33.0 Å². The Morgan fingerprint density at radius 2 is 2.32 bits per heavy atom. The molecule has 2 heterocycles. The number of aryl methyl sites for hydroxylation is 1. The molecule has 1 saturated heterocycles. The molecule has 1 aliphatic rings. The third-order valence-electron chi connectivity index (χ3n) is 3.05. The highest BCUT2D eigenvalue weighted by molar-refractivity contribution is 7.81. The van der Waals surface area contributed by atoms with Crippen molar-refractivity contribution in [2.24, 2.45) is 0 Å². The number of amides is 1. The molecular formula is C13H19N3O2S. The number of carbonyl (C=O) groups is 1. The number of hydrogen-bond acceptors (Lipinski definition) is 5. The predicted octanol–water partition coefficient (Wildman–Crippen LogP) is 0.767. The van der Waals surface area contributed by atoms with Gasteiger partial charge in [0.25, 0.3) is 0 Å². The summed E-state index contributed by atoms with van der Waals surface area (Å²) in [5.41, 5.74) is 1.76. The van der Waals surface area contributed by atoms with Gasteiger partial charge in [-0.25, -0.2) is 0 Å². The van der Waals surface area contributed by atoms with Crippen LogP contribution in [0.2, 0.25) is 0 Å². The molecule has 0 spiro atoms. The second kappa shape index (κ2) is 6.88. The van der Waals surface area contributed by atoms with E-state index in [1.54, 1.807) is 6.20 Å². The van der Waals surface area contributed by atoms with Gasteiger partial charge < -0.3 is 10.1 Å². The third-order valence-corrected chi connectivity index (χ3v) is 3.54. The van der Waals surface area contributed by atoms with Crippen molar-refractivity contribution < 1.29 is 9.53 Å². The third kappa shape index (κ3) is 4.19. The molecule has 1 atom stereocenters. The zero-order chi connectivity index (χ0) is 13.7. The number of morpholine rings is 1. The van der Waals surface area contributed by atoms with Crippen LogP contribution in [0.4, 0.5) is 0 Å². The van der Waals surface area contributed by atoms with Crippen LogP contribution in [0.1, 0.15) is 16.5 Å². The van der Waals surface area contributed by atoms with Crippen LogP contribution in [0.25, 0.3) is 0 Å². The molecule has 104 valence electrons. The summed E-state index contributed by atoms with van der Waals surface area (Å²) in [6, 6.07) is 3.78. The van der Waals surface area contributed by atoms with Gasteiger partial charge in [0.15, 0.2) is 0 Å². The van der Waals surface area contributed by atoms with Gasteiger partial charge in [0.05, 0.1) is 25.6 Å². The summed E-state index contributed by atoms with van der Waals surface area (Å²) in [5.74, 6) is -0.118. The smallest absolute Gasteiger partial charge is 0.239 e. The van der Waals surface area contributed by atoms with Gasteiger partial charge in [-0.3, -0.25) is 14.7 Å². The van der Waals surface area contributed by atoms with Gasteiger partial charge >= 0.3 is 0 Å². The standard InChI is InChI=1S/C13H19N3O2S/c1-10-2-3-14-11(8-10)12(19)13(17)15-9-16-4-6-18-7-5-16/h2-3,8,12,19H,4-7,9H2,1H3,(H,15,17). The minimum absolute atomic E-state index is 0.118. The van der Waals surface area contributed by atoms with Gasteiger partial charge in [0.2, 0.25) is 5.91 Å². The molecular weight excluding hydrogens is 262 g/mol. The van der Waals surface area contributed by atoms with Gasteiger partial charge in [0.1, 0.15) is 5.25 Å². The summed E-state index contributed by atoms with van der Waals surface area (Å²) in [6.45, 7) is 5.64. The highest BCUT2D eigenvalue weighted by Crippen LogP contribution is 2.18. The van der Waals surface area contributed by atoms with Crippen molar-refractivity contribution in [3.63, 3.8) is 0 Å².